The molecule has 0 unspecified atom stereocenters. The van der Waals surface area contributed by atoms with E-state index in [1.165, 1.54) is 13.2 Å². The lowest BCUT2D eigenvalue weighted by molar-refractivity contribution is -0.131. The monoisotopic (exact) mass is 226 g/mol. The predicted molar refractivity (Wildman–Crippen MR) is 65.0 cm³/mol. The fourth-order valence-corrected chi connectivity index (χ4v) is 2.01. The van der Waals surface area contributed by atoms with Gasteiger partial charge in [-0.2, -0.15) is 0 Å². The van der Waals surface area contributed by atoms with Crippen LogP contribution in [0.4, 0.5) is 0 Å². The Hall–Kier alpha value is -2.29. The van der Waals surface area contributed by atoms with Crippen LogP contribution in [0.25, 0.3) is 21.7 Å². The topological polar surface area (TPSA) is 39.4 Å². The Kier molecular flexibility index (Phi) is 2.11. The van der Waals surface area contributed by atoms with E-state index >= 15 is 0 Å². The maximum atomic E-state index is 11.0. The number of hydrogen-bond acceptors (Lipinski definition) is 3. The molecular weight excluding hydrogens is 216 g/mol. The minimum atomic E-state index is -0.347. The van der Waals surface area contributed by atoms with Gasteiger partial charge >= 0.3 is 5.97 Å². The molecule has 1 heterocycles. The Morgan fingerprint density at radius 3 is 2.82 bits per heavy atom. The number of carbonyl (C=O) groups is 1. The quantitative estimate of drug-likeness (QED) is 0.596. The summed E-state index contributed by atoms with van der Waals surface area (Å²) in [6.45, 7) is 1.38. The van der Waals surface area contributed by atoms with Gasteiger partial charge in [0.25, 0.3) is 0 Å². The van der Waals surface area contributed by atoms with Crippen LogP contribution in [0.15, 0.2) is 47.1 Å². The van der Waals surface area contributed by atoms with E-state index in [2.05, 4.69) is 0 Å². The van der Waals surface area contributed by atoms with Crippen molar-refractivity contribution in [3.05, 3.63) is 42.7 Å². The maximum Gasteiger partial charge on any atom is 0.308 e. The number of carbonyl (C=O) groups excluding carboxylic acids is 1. The van der Waals surface area contributed by atoms with E-state index in [0.29, 0.717) is 5.75 Å². The number of benzene rings is 2. The summed E-state index contributed by atoms with van der Waals surface area (Å²) >= 11 is 0. The van der Waals surface area contributed by atoms with E-state index in [-0.39, 0.29) is 5.97 Å². The normalized spacial score (nSPS) is 10.9. The molecule has 3 aromatic rings. The molecule has 3 rings (SSSR count). The molecule has 0 fully saturated rings. The molecule has 0 aliphatic carbocycles. The first kappa shape index (κ1) is 9.90. The Morgan fingerprint density at radius 2 is 2.00 bits per heavy atom. The Bertz CT molecular complexity index is 710. The van der Waals surface area contributed by atoms with Crippen LogP contribution >= 0.6 is 0 Å². The second-order valence-electron chi connectivity index (χ2n) is 3.85. The molecule has 17 heavy (non-hydrogen) atoms. The van der Waals surface area contributed by atoms with Gasteiger partial charge in [-0.15, -0.1) is 0 Å². The molecule has 0 amide bonds. The predicted octanol–water partition coefficient (Wildman–Crippen LogP) is 3.51. The second-order valence-corrected chi connectivity index (χ2v) is 3.85. The lowest BCUT2D eigenvalue weighted by Gasteiger charge is -2.01. The molecule has 0 bridgehead atoms. The molecule has 1 aromatic heterocycles. The highest BCUT2D eigenvalue weighted by Gasteiger charge is 2.12. The minimum absolute atomic E-state index is 0.347. The molecule has 84 valence electrons. The standard InChI is InChI=1S/C14H10O3/c1-9(15)17-13-8-16-12-7-6-10-4-2-3-5-11(10)14(12)13/h2-8H,1H3. The number of rotatable bonds is 1. The van der Waals surface area contributed by atoms with Crippen LogP contribution in [0.3, 0.4) is 0 Å². The number of furan rings is 1. The largest absolute Gasteiger partial charge is 0.460 e. The molecule has 0 aliphatic heterocycles. The van der Waals surface area contributed by atoms with Crippen molar-refractivity contribution in [1.82, 2.24) is 0 Å². The fourth-order valence-electron chi connectivity index (χ4n) is 2.01. The summed E-state index contributed by atoms with van der Waals surface area (Å²) in [6.07, 6.45) is 1.47. The summed E-state index contributed by atoms with van der Waals surface area (Å²) in [5, 5.41) is 2.96. The number of ether oxygens (including phenoxy) is 1. The van der Waals surface area contributed by atoms with Crippen molar-refractivity contribution < 1.29 is 13.9 Å². The fraction of sp³-hybridized carbons (Fsp3) is 0.0714. The molecule has 0 radical (unpaired) electrons. The zero-order chi connectivity index (χ0) is 11.8. The van der Waals surface area contributed by atoms with Crippen LogP contribution < -0.4 is 4.74 Å². The smallest absolute Gasteiger partial charge is 0.308 e. The van der Waals surface area contributed by atoms with Crippen LogP contribution in [-0.2, 0) is 4.79 Å². The van der Waals surface area contributed by atoms with Gasteiger partial charge in [-0.1, -0.05) is 30.3 Å². The van der Waals surface area contributed by atoms with Crippen LogP contribution in [-0.4, -0.2) is 5.97 Å². The zero-order valence-electron chi connectivity index (χ0n) is 9.27. The van der Waals surface area contributed by atoms with E-state index < -0.39 is 0 Å². The number of hydrogen-bond donors (Lipinski definition) is 0. The first-order valence-electron chi connectivity index (χ1n) is 5.33. The highest BCUT2D eigenvalue weighted by Crippen LogP contribution is 2.34. The average molecular weight is 226 g/mol. The lowest BCUT2D eigenvalue weighted by atomic mass is 10.1. The van der Waals surface area contributed by atoms with Gasteiger partial charge in [0.1, 0.15) is 11.8 Å². The summed E-state index contributed by atoms with van der Waals surface area (Å²) in [6, 6.07) is 11.8. The van der Waals surface area contributed by atoms with Gasteiger partial charge in [0.2, 0.25) is 0 Å². The molecule has 0 N–H and O–H groups in total. The third-order valence-corrected chi connectivity index (χ3v) is 2.68. The average Bonchev–Trinajstić information content (AvgIpc) is 2.72. The second kappa shape index (κ2) is 3.63. The highest BCUT2D eigenvalue weighted by molar-refractivity contribution is 6.09. The van der Waals surface area contributed by atoms with Gasteiger partial charge in [0.15, 0.2) is 5.75 Å². The number of esters is 1. The molecular formula is C14H10O3. The van der Waals surface area contributed by atoms with Crippen LogP contribution in [0.2, 0.25) is 0 Å². The first-order chi connectivity index (χ1) is 8.25. The van der Waals surface area contributed by atoms with E-state index in [9.17, 15) is 4.79 Å². The van der Waals surface area contributed by atoms with Crippen molar-refractivity contribution in [2.75, 3.05) is 0 Å². The molecule has 0 saturated heterocycles. The summed E-state index contributed by atoms with van der Waals surface area (Å²) < 4.78 is 10.5. The SMILES string of the molecule is CC(=O)Oc1coc2ccc3ccccc3c12. The van der Waals surface area contributed by atoms with Crippen LogP contribution in [0, 0.1) is 0 Å². The van der Waals surface area contributed by atoms with Crippen molar-refractivity contribution in [1.29, 1.82) is 0 Å². The maximum absolute atomic E-state index is 11.0. The lowest BCUT2D eigenvalue weighted by Crippen LogP contribution is -2.00. The molecule has 0 atom stereocenters. The summed E-state index contributed by atoms with van der Waals surface area (Å²) in [7, 11) is 0. The van der Waals surface area contributed by atoms with E-state index in [4.69, 9.17) is 9.15 Å². The third-order valence-electron chi connectivity index (χ3n) is 2.68. The summed E-state index contributed by atoms with van der Waals surface area (Å²) in [4.78, 5) is 11.0. The van der Waals surface area contributed by atoms with Crippen molar-refractivity contribution in [2.45, 2.75) is 6.92 Å². The van der Waals surface area contributed by atoms with Crippen LogP contribution in [0.5, 0.6) is 5.75 Å². The molecule has 0 saturated carbocycles. The van der Waals surface area contributed by atoms with Gasteiger partial charge < -0.3 is 9.15 Å². The van der Waals surface area contributed by atoms with E-state index in [1.807, 2.05) is 36.4 Å². The van der Waals surface area contributed by atoms with Crippen molar-refractivity contribution in [3.8, 4) is 5.75 Å². The van der Waals surface area contributed by atoms with E-state index in [1.54, 1.807) is 0 Å². The Balaban J connectivity index is 2.38. The molecule has 3 nitrogen and oxygen atoms in total. The summed E-state index contributed by atoms with van der Waals surface area (Å²) in [5.74, 6) is 0.130. The Morgan fingerprint density at radius 1 is 1.18 bits per heavy atom. The van der Waals surface area contributed by atoms with Crippen molar-refractivity contribution in [3.63, 3.8) is 0 Å². The molecule has 2 aromatic carbocycles. The number of fused-ring (bicyclic) bond motifs is 3. The van der Waals surface area contributed by atoms with Gasteiger partial charge in [0, 0.05) is 6.92 Å². The van der Waals surface area contributed by atoms with Gasteiger partial charge in [-0.25, -0.2) is 0 Å². The minimum Gasteiger partial charge on any atom is -0.460 e. The van der Waals surface area contributed by atoms with Gasteiger partial charge in [0.05, 0.1) is 5.39 Å². The van der Waals surface area contributed by atoms with Gasteiger partial charge in [-0.05, 0) is 16.8 Å². The van der Waals surface area contributed by atoms with Crippen LogP contribution in [0.1, 0.15) is 6.92 Å². The Labute approximate surface area is 97.6 Å². The summed E-state index contributed by atoms with van der Waals surface area (Å²) in [5.41, 5.74) is 0.722. The zero-order valence-corrected chi connectivity index (χ0v) is 9.27. The third kappa shape index (κ3) is 1.56. The van der Waals surface area contributed by atoms with Crippen molar-refractivity contribution >= 4 is 27.7 Å². The highest BCUT2D eigenvalue weighted by atomic mass is 16.5. The first-order valence-corrected chi connectivity index (χ1v) is 5.33. The molecule has 3 heteroatoms. The van der Waals surface area contributed by atoms with Gasteiger partial charge in [-0.3, -0.25) is 4.79 Å². The van der Waals surface area contributed by atoms with Crippen molar-refractivity contribution in [2.24, 2.45) is 0 Å². The van der Waals surface area contributed by atoms with E-state index in [0.717, 1.165) is 21.7 Å². The molecule has 0 spiro atoms. The molecule has 0 aliphatic rings.